The average molecular weight is 544 g/mol. The number of nitrogens with zero attached hydrogens (tertiary/aromatic N) is 2. The van der Waals surface area contributed by atoms with Gasteiger partial charge in [-0.2, -0.15) is 18.3 Å². The largest absolute Gasteiger partial charge is 0.416 e. The van der Waals surface area contributed by atoms with Crippen LogP contribution in [0.15, 0.2) is 59.6 Å². The van der Waals surface area contributed by atoms with Gasteiger partial charge in [0.25, 0.3) is 0 Å². The molecule has 3 aromatic rings. The van der Waals surface area contributed by atoms with Gasteiger partial charge in [0.05, 0.1) is 26.8 Å². The minimum atomic E-state index is -4.46. The van der Waals surface area contributed by atoms with Gasteiger partial charge in [-0.15, -0.1) is 0 Å². The van der Waals surface area contributed by atoms with Gasteiger partial charge in [-0.25, -0.2) is 17.5 Å². The van der Waals surface area contributed by atoms with Gasteiger partial charge in [-0.05, 0) is 68.3 Å². The van der Waals surface area contributed by atoms with E-state index in [9.17, 15) is 30.8 Å². The Bertz CT molecular complexity index is 1370. The fraction of sp³-hybridized carbons (Fsp3) is 0.333. The van der Waals surface area contributed by atoms with Crippen LogP contribution in [0.3, 0.4) is 0 Å². The van der Waals surface area contributed by atoms with Crippen LogP contribution in [0.4, 0.5) is 17.6 Å². The van der Waals surface area contributed by atoms with Crippen LogP contribution >= 0.6 is 11.6 Å². The van der Waals surface area contributed by atoms with Gasteiger partial charge in [0, 0.05) is 18.3 Å². The number of halogens is 5. The number of rotatable bonds is 6. The van der Waals surface area contributed by atoms with Crippen LogP contribution in [0.25, 0.3) is 5.69 Å². The molecule has 36 heavy (non-hydrogen) atoms. The molecular weight excluding hydrogens is 522 g/mol. The third kappa shape index (κ3) is 4.99. The highest BCUT2D eigenvalue weighted by Crippen LogP contribution is 2.44. The molecule has 0 unspecified atom stereocenters. The van der Waals surface area contributed by atoms with E-state index >= 15 is 0 Å². The maximum absolute atomic E-state index is 13.3. The van der Waals surface area contributed by atoms with Crippen molar-refractivity contribution >= 4 is 27.3 Å². The van der Waals surface area contributed by atoms with Crippen LogP contribution < -0.4 is 5.32 Å². The van der Waals surface area contributed by atoms with Gasteiger partial charge >= 0.3 is 6.18 Å². The van der Waals surface area contributed by atoms with Crippen LogP contribution in [0, 0.1) is 11.2 Å². The maximum Gasteiger partial charge on any atom is 0.416 e. The van der Waals surface area contributed by atoms with E-state index in [0.29, 0.717) is 24.1 Å². The fourth-order valence-corrected chi connectivity index (χ4v) is 6.93. The Hall–Kier alpha value is -2.92. The lowest BCUT2D eigenvalue weighted by molar-refractivity contribution is -0.137. The first-order valence-electron chi connectivity index (χ1n) is 11.0. The lowest BCUT2D eigenvalue weighted by atomic mass is 9.87. The van der Waals surface area contributed by atoms with Crippen molar-refractivity contribution in [2.45, 2.75) is 49.1 Å². The monoisotopic (exact) mass is 543 g/mol. The van der Waals surface area contributed by atoms with Crippen molar-refractivity contribution in [1.29, 1.82) is 0 Å². The molecule has 1 fully saturated rings. The summed E-state index contributed by atoms with van der Waals surface area (Å²) in [6.07, 6.45) is -1.82. The van der Waals surface area contributed by atoms with Gasteiger partial charge in [0.15, 0.2) is 15.0 Å². The predicted octanol–water partition coefficient (Wildman–Crippen LogP) is 5.33. The molecule has 1 aliphatic carbocycles. The maximum atomic E-state index is 13.3. The Morgan fingerprint density at radius 1 is 1.17 bits per heavy atom. The van der Waals surface area contributed by atoms with E-state index in [2.05, 4.69) is 10.4 Å². The van der Waals surface area contributed by atoms with E-state index in [1.54, 1.807) is 6.92 Å². The Morgan fingerprint density at radius 3 is 2.42 bits per heavy atom. The van der Waals surface area contributed by atoms with Gasteiger partial charge in [-0.3, -0.25) is 4.79 Å². The Kier molecular flexibility index (Phi) is 6.91. The summed E-state index contributed by atoms with van der Waals surface area (Å²) in [6.45, 7) is 1.53. The smallest absolute Gasteiger partial charge is 0.351 e. The molecule has 0 spiro atoms. The number of amides is 1. The van der Waals surface area contributed by atoms with Gasteiger partial charge in [0.2, 0.25) is 5.91 Å². The van der Waals surface area contributed by atoms with E-state index in [0.717, 1.165) is 24.3 Å². The molecule has 192 valence electrons. The van der Waals surface area contributed by atoms with Crippen LogP contribution in [-0.2, 0) is 27.4 Å². The van der Waals surface area contributed by atoms with E-state index in [-0.39, 0.29) is 23.0 Å². The Labute approximate surface area is 210 Å². The topological polar surface area (TPSA) is 81.1 Å². The molecule has 0 aliphatic heterocycles. The quantitative estimate of drug-likeness (QED) is 0.336. The molecule has 0 saturated heterocycles. The molecule has 1 aliphatic rings. The first-order chi connectivity index (χ1) is 16.8. The summed E-state index contributed by atoms with van der Waals surface area (Å²) in [4.78, 5) is 13.1. The number of alkyl halides is 3. The minimum absolute atomic E-state index is 0.0438. The number of hydrogen-bond donors (Lipinski definition) is 1. The zero-order valence-electron chi connectivity index (χ0n) is 19.0. The number of carbonyl (C=O) groups excluding carboxylic acids is 1. The fourth-order valence-electron chi connectivity index (χ4n) is 4.50. The number of carbonyl (C=O) groups is 1. The van der Waals surface area contributed by atoms with E-state index < -0.39 is 44.0 Å². The third-order valence-corrected chi connectivity index (χ3v) is 9.30. The summed E-state index contributed by atoms with van der Waals surface area (Å²) in [6, 6.07) is 8.86. The van der Waals surface area contributed by atoms with Crippen LogP contribution in [-0.4, -0.2) is 29.4 Å². The summed E-state index contributed by atoms with van der Waals surface area (Å²) >= 11 is 6.18. The number of benzene rings is 2. The first kappa shape index (κ1) is 26.2. The molecule has 0 radical (unpaired) electrons. The molecular formula is C24H22ClF4N3O3S. The summed E-state index contributed by atoms with van der Waals surface area (Å²) in [7, 11) is -3.90. The van der Waals surface area contributed by atoms with Crippen molar-refractivity contribution in [3.05, 3.63) is 76.8 Å². The summed E-state index contributed by atoms with van der Waals surface area (Å²) in [5.74, 6) is -1.04. The average Bonchev–Trinajstić information content (AvgIpc) is 3.41. The number of aromatic nitrogens is 2. The number of hydrogen-bond acceptors (Lipinski definition) is 4. The lowest BCUT2D eigenvalue weighted by Crippen LogP contribution is -2.46. The Morgan fingerprint density at radius 2 is 1.81 bits per heavy atom. The van der Waals surface area contributed by atoms with Crippen molar-refractivity contribution in [1.82, 2.24) is 15.1 Å². The highest BCUT2D eigenvalue weighted by atomic mass is 35.5. The molecule has 1 amide bonds. The van der Waals surface area contributed by atoms with E-state index in [1.165, 1.54) is 35.1 Å². The molecule has 12 heteroatoms. The van der Waals surface area contributed by atoms with Crippen molar-refractivity contribution in [3.8, 4) is 5.69 Å². The first-order valence-corrected chi connectivity index (χ1v) is 12.9. The molecule has 2 atom stereocenters. The zero-order valence-corrected chi connectivity index (χ0v) is 20.6. The highest BCUT2D eigenvalue weighted by molar-refractivity contribution is 7.92. The minimum Gasteiger partial charge on any atom is -0.351 e. The highest BCUT2D eigenvalue weighted by Gasteiger charge is 2.51. The molecule has 1 aromatic heterocycles. The van der Waals surface area contributed by atoms with Crippen LogP contribution in [0.5, 0.6) is 0 Å². The van der Waals surface area contributed by atoms with Crippen LogP contribution in [0.2, 0.25) is 5.15 Å². The second-order valence-corrected chi connectivity index (χ2v) is 11.4. The van der Waals surface area contributed by atoms with Gasteiger partial charge < -0.3 is 5.32 Å². The third-order valence-electron chi connectivity index (χ3n) is 6.55. The molecule has 4 rings (SSSR count). The Balaban J connectivity index is 1.49. The zero-order chi connectivity index (χ0) is 26.3. The lowest BCUT2D eigenvalue weighted by Gasteiger charge is -2.30. The van der Waals surface area contributed by atoms with Crippen molar-refractivity contribution in [3.63, 3.8) is 0 Å². The SMILES string of the molecule is C[C@@]1(C(=O)NCc2cn(-c3ccc(C(F)(F)F)cc3)nc2Cl)CCC[C@@H]1S(=O)(=O)c1ccc(F)cc1. The van der Waals surface area contributed by atoms with Crippen molar-refractivity contribution in [2.24, 2.45) is 5.41 Å². The molecule has 1 heterocycles. The van der Waals surface area contributed by atoms with Gasteiger partial charge in [-0.1, -0.05) is 18.0 Å². The van der Waals surface area contributed by atoms with E-state index in [1.807, 2.05) is 0 Å². The number of sulfone groups is 1. The predicted molar refractivity (Wildman–Crippen MR) is 125 cm³/mol. The second kappa shape index (κ2) is 9.51. The molecule has 6 nitrogen and oxygen atoms in total. The second-order valence-electron chi connectivity index (χ2n) is 8.91. The van der Waals surface area contributed by atoms with E-state index in [4.69, 9.17) is 11.6 Å². The standard InChI is InChI=1S/C24H22ClF4N3O3S/c1-23(12-2-3-20(23)36(34,35)19-10-6-17(26)7-11-19)22(33)30-13-15-14-32(31-21(15)25)18-8-4-16(5-9-18)24(27,28)29/h4-11,14,20H,2-3,12-13H2,1H3,(H,30,33)/t20-,23+/m0/s1. The summed E-state index contributed by atoms with van der Waals surface area (Å²) in [5, 5.41) is 5.88. The van der Waals surface area contributed by atoms with Crippen LogP contribution in [0.1, 0.15) is 37.3 Å². The molecule has 1 N–H and O–H groups in total. The molecule has 1 saturated carbocycles. The van der Waals surface area contributed by atoms with Crippen molar-refractivity contribution in [2.75, 3.05) is 0 Å². The normalized spacial score (nSPS) is 20.4. The molecule has 2 aromatic carbocycles. The number of nitrogens with one attached hydrogen (secondary N) is 1. The van der Waals surface area contributed by atoms with Gasteiger partial charge in [0.1, 0.15) is 5.82 Å². The summed E-state index contributed by atoms with van der Waals surface area (Å²) < 4.78 is 79.4. The van der Waals surface area contributed by atoms with Crippen molar-refractivity contribution < 1.29 is 30.8 Å². The summed E-state index contributed by atoms with van der Waals surface area (Å²) in [5.41, 5.74) is -1.27. The molecule has 0 bridgehead atoms.